The summed E-state index contributed by atoms with van der Waals surface area (Å²) in [5, 5.41) is 13.6. The average Bonchev–Trinajstić information content (AvgIpc) is 2.75. The van der Waals surface area contributed by atoms with Gasteiger partial charge in [-0.25, -0.2) is 9.48 Å². The van der Waals surface area contributed by atoms with E-state index in [4.69, 9.17) is 0 Å². The van der Waals surface area contributed by atoms with Crippen molar-refractivity contribution in [1.82, 2.24) is 9.78 Å². The van der Waals surface area contributed by atoms with Crippen LogP contribution in [-0.2, 0) is 5.41 Å². The molecule has 0 atom stereocenters. The molecule has 0 saturated heterocycles. The highest BCUT2D eigenvalue weighted by Gasteiger charge is 2.22. The standard InChI is InChI=1S/C18H24N2O2/c1-11(2)16-12(3)15(17(21)22)19-20(16)14-9-7-13(8-10-14)18(4,5)6/h7-11H,1-6H3,(H,21,22). The van der Waals surface area contributed by atoms with Crippen molar-refractivity contribution >= 4 is 5.97 Å². The van der Waals surface area contributed by atoms with Gasteiger partial charge in [-0.05, 0) is 36.0 Å². The summed E-state index contributed by atoms with van der Waals surface area (Å²) in [6, 6.07) is 8.17. The lowest BCUT2D eigenvalue weighted by atomic mass is 9.87. The largest absolute Gasteiger partial charge is 0.476 e. The third-order valence-electron chi connectivity index (χ3n) is 3.89. The molecule has 0 fully saturated rings. The predicted octanol–water partition coefficient (Wildman–Crippen LogP) is 4.30. The summed E-state index contributed by atoms with van der Waals surface area (Å²) < 4.78 is 1.76. The second-order valence-corrected chi connectivity index (χ2v) is 7.03. The van der Waals surface area contributed by atoms with Crippen LogP contribution in [0.3, 0.4) is 0 Å². The van der Waals surface area contributed by atoms with E-state index < -0.39 is 5.97 Å². The lowest BCUT2D eigenvalue weighted by Crippen LogP contribution is -2.11. The van der Waals surface area contributed by atoms with Gasteiger partial charge in [0.05, 0.1) is 11.4 Å². The Balaban J connectivity index is 2.57. The molecule has 0 aliphatic rings. The first-order valence-corrected chi connectivity index (χ1v) is 7.56. The SMILES string of the molecule is Cc1c(C(=O)O)nn(-c2ccc(C(C)(C)C)cc2)c1C(C)C. The van der Waals surface area contributed by atoms with Gasteiger partial charge in [-0.1, -0.05) is 46.8 Å². The fraction of sp³-hybridized carbons (Fsp3) is 0.444. The number of aromatic carboxylic acids is 1. The van der Waals surface area contributed by atoms with Gasteiger partial charge in [-0.2, -0.15) is 5.10 Å². The molecule has 0 aliphatic heterocycles. The Labute approximate surface area is 131 Å². The maximum Gasteiger partial charge on any atom is 0.356 e. The highest BCUT2D eigenvalue weighted by molar-refractivity contribution is 5.87. The highest BCUT2D eigenvalue weighted by Crippen LogP contribution is 2.27. The van der Waals surface area contributed by atoms with Gasteiger partial charge < -0.3 is 5.11 Å². The van der Waals surface area contributed by atoms with E-state index in [1.807, 2.05) is 19.1 Å². The fourth-order valence-electron chi connectivity index (χ4n) is 2.69. The van der Waals surface area contributed by atoms with Gasteiger partial charge in [0.2, 0.25) is 0 Å². The summed E-state index contributed by atoms with van der Waals surface area (Å²) >= 11 is 0. The number of hydrogen-bond donors (Lipinski definition) is 1. The lowest BCUT2D eigenvalue weighted by molar-refractivity contribution is 0.0689. The molecule has 1 aromatic heterocycles. The first-order chi connectivity index (χ1) is 10.1. The fourth-order valence-corrected chi connectivity index (χ4v) is 2.69. The summed E-state index contributed by atoms with van der Waals surface area (Å²) in [6.07, 6.45) is 0. The van der Waals surface area contributed by atoms with Gasteiger partial charge >= 0.3 is 5.97 Å². The number of hydrogen-bond acceptors (Lipinski definition) is 2. The van der Waals surface area contributed by atoms with Crippen LogP contribution >= 0.6 is 0 Å². The van der Waals surface area contributed by atoms with Gasteiger partial charge in [0, 0.05) is 5.56 Å². The smallest absolute Gasteiger partial charge is 0.356 e. The molecule has 4 heteroatoms. The van der Waals surface area contributed by atoms with Crippen LogP contribution in [0.15, 0.2) is 24.3 Å². The van der Waals surface area contributed by atoms with E-state index in [9.17, 15) is 9.90 Å². The molecule has 22 heavy (non-hydrogen) atoms. The van der Waals surface area contributed by atoms with Crippen molar-refractivity contribution in [1.29, 1.82) is 0 Å². The molecule has 2 rings (SSSR count). The Morgan fingerprint density at radius 3 is 2.14 bits per heavy atom. The number of rotatable bonds is 3. The predicted molar refractivity (Wildman–Crippen MR) is 88.0 cm³/mol. The molecule has 0 bridgehead atoms. The molecule has 1 aromatic carbocycles. The van der Waals surface area contributed by atoms with E-state index in [2.05, 4.69) is 51.9 Å². The lowest BCUT2D eigenvalue weighted by Gasteiger charge is -2.19. The van der Waals surface area contributed by atoms with Crippen molar-refractivity contribution in [3.63, 3.8) is 0 Å². The number of carbonyl (C=O) groups is 1. The van der Waals surface area contributed by atoms with Gasteiger partial charge in [-0.15, -0.1) is 0 Å². The normalized spacial score (nSPS) is 12.0. The second kappa shape index (κ2) is 5.59. The Bertz CT molecular complexity index is 689. The molecule has 1 N–H and O–H groups in total. The van der Waals surface area contributed by atoms with Gasteiger partial charge in [-0.3, -0.25) is 0 Å². The summed E-state index contributed by atoms with van der Waals surface area (Å²) in [7, 11) is 0. The van der Waals surface area contributed by atoms with Crippen LogP contribution in [0.2, 0.25) is 0 Å². The van der Waals surface area contributed by atoms with Crippen molar-refractivity contribution in [2.45, 2.75) is 52.9 Å². The van der Waals surface area contributed by atoms with Crippen molar-refractivity contribution in [2.75, 3.05) is 0 Å². The molecule has 0 amide bonds. The van der Waals surface area contributed by atoms with Crippen LogP contribution in [0.5, 0.6) is 0 Å². The Kier molecular flexibility index (Phi) is 4.14. The molecule has 4 nitrogen and oxygen atoms in total. The quantitative estimate of drug-likeness (QED) is 0.919. The molecule has 118 valence electrons. The summed E-state index contributed by atoms with van der Waals surface area (Å²) in [5.74, 6) is -0.785. The molecule has 1 heterocycles. The Morgan fingerprint density at radius 2 is 1.73 bits per heavy atom. The molecule has 2 aromatic rings. The maximum absolute atomic E-state index is 11.4. The minimum Gasteiger partial charge on any atom is -0.476 e. The van der Waals surface area contributed by atoms with E-state index in [0.717, 1.165) is 16.9 Å². The molecule has 0 aliphatic carbocycles. The molecule has 0 saturated carbocycles. The monoisotopic (exact) mass is 300 g/mol. The molecular formula is C18H24N2O2. The van der Waals surface area contributed by atoms with E-state index in [0.29, 0.717) is 0 Å². The van der Waals surface area contributed by atoms with E-state index >= 15 is 0 Å². The summed E-state index contributed by atoms with van der Waals surface area (Å²) in [5.41, 5.74) is 4.04. The van der Waals surface area contributed by atoms with E-state index in [1.165, 1.54) is 5.56 Å². The third-order valence-corrected chi connectivity index (χ3v) is 3.89. The number of benzene rings is 1. The molecule has 0 spiro atoms. The van der Waals surface area contributed by atoms with Crippen LogP contribution < -0.4 is 0 Å². The minimum atomic E-state index is -0.982. The molecule has 0 radical (unpaired) electrons. The number of aromatic nitrogens is 2. The zero-order valence-corrected chi connectivity index (χ0v) is 14.1. The van der Waals surface area contributed by atoms with E-state index in [1.54, 1.807) is 4.68 Å². The highest BCUT2D eigenvalue weighted by atomic mass is 16.4. The zero-order chi connectivity index (χ0) is 16.7. The zero-order valence-electron chi connectivity index (χ0n) is 14.1. The number of carboxylic acids is 1. The summed E-state index contributed by atoms with van der Waals surface area (Å²) in [4.78, 5) is 11.4. The third kappa shape index (κ3) is 2.91. The number of carboxylic acid groups (broad SMARTS) is 1. The van der Waals surface area contributed by atoms with Crippen molar-refractivity contribution in [3.8, 4) is 5.69 Å². The minimum absolute atomic E-state index is 0.0890. The van der Waals surface area contributed by atoms with Gasteiger partial charge in [0.1, 0.15) is 0 Å². The van der Waals surface area contributed by atoms with Crippen LogP contribution in [0, 0.1) is 6.92 Å². The second-order valence-electron chi connectivity index (χ2n) is 7.03. The van der Waals surface area contributed by atoms with Crippen molar-refractivity contribution < 1.29 is 9.90 Å². The summed E-state index contributed by atoms with van der Waals surface area (Å²) in [6.45, 7) is 12.4. The number of nitrogens with zero attached hydrogens (tertiary/aromatic N) is 2. The van der Waals surface area contributed by atoms with Crippen LogP contribution in [-0.4, -0.2) is 20.9 Å². The first kappa shape index (κ1) is 16.3. The first-order valence-electron chi connectivity index (χ1n) is 7.56. The van der Waals surface area contributed by atoms with Crippen molar-refractivity contribution in [2.24, 2.45) is 0 Å². The van der Waals surface area contributed by atoms with Gasteiger partial charge in [0.15, 0.2) is 5.69 Å². The van der Waals surface area contributed by atoms with Crippen LogP contribution in [0.25, 0.3) is 5.69 Å². The van der Waals surface area contributed by atoms with Crippen molar-refractivity contribution in [3.05, 3.63) is 46.8 Å². The topological polar surface area (TPSA) is 55.1 Å². The average molecular weight is 300 g/mol. The van der Waals surface area contributed by atoms with Crippen LogP contribution in [0.1, 0.15) is 67.8 Å². The Morgan fingerprint density at radius 1 is 1.18 bits per heavy atom. The molecule has 0 unspecified atom stereocenters. The maximum atomic E-state index is 11.4. The van der Waals surface area contributed by atoms with E-state index in [-0.39, 0.29) is 17.0 Å². The molecular weight excluding hydrogens is 276 g/mol. The van der Waals surface area contributed by atoms with Crippen LogP contribution in [0.4, 0.5) is 0 Å². The van der Waals surface area contributed by atoms with Gasteiger partial charge in [0.25, 0.3) is 0 Å². The Hall–Kier alpha value is -2.10.